The molecule has 0 bridgehead atoms. The number of hydrogen-bond donors (Lipinski definition) is 1. The lowest BCUT2D eigenvalue weighted by Crippen LogP contribution is -2.39. The average molecular weight is 374 g/mol. The summed E-state index contributed by atoms with van der Waals surface area (Å²) in [6, 6.07) is 18.6. The summed E-state index contributed by atoms with van der Waals surface area (Å²) < 4.78 is 0. The number of nitrogens with zero attached hydrogens (tertiary/aromatic N) is 2. The first-order valence-corrected chi connectivity index (χ1v) is 9.83. The average Bonchev–Trinajstić information content (AvgIpc) is 2.69. The molecule has 0 aromatic heterocycles. The monoisotopic (exact) mass is 373 g/mol. The fraction of sp³-hybridized carbons (Fsp3) is 0.333. The van der Waals surface area contributed by atoms with E-state index in [9.17, 15) is 10.1 Å². The first kappa shape index (κ1) is 19.7. The molecule has 1 aliphatic rings. The van der Waals surface area contributed by atoms with Crippen LogP contribution in [0.2, 0.25) is 0 Å². The highest BCUT2D eigenvalue weighted by atomic mass is 16.2. The Balaban J connectivity index is 1.57. The van der Waals surface area contributed by atoms with Crippen molar-refractivity contribution in [2.75, 3.05) is 18.4 Å². The molecule has 1 heterocycles. The number of amides is 1. The Labute approximate surface area is 167 Å². The van der Waals surface area contributed by atoms with Gasteiger partial charge >= 0.3 is 0 Å². The van der Waals surface area contributed by atoms with E-state index in [1.54, 1.807) is 4.90 Å². The zero-order chi connectivity index (χ0) is 19.9. The molecule has 1 fully saturated rings. The van der Waals surface area contributed by atoms with Gasteiger partial charge in [0, 0.05) is 25.0 Å². The summed E-state index contributed by atoms with van der Waals surface area (Å²) >= 11 is 0. The van der Waals surface area contributed by atoms with E-state index in [-0.39, 0.29) is 11.5 Å². The maximum absolute atomic E-state index is 12.7. The molecule has 1 saturated heterocycles. The first-order chi connectivity index (χ1) is 13.5. The van der Waals surface area contributed by atoms with Crippen molar-refractivity contribution >= 4 is 11.6 Å². The van der Waals surface area contributed by atoms with Crippen molar-refractivity contribution in [3.05, 3.63) is 77.0 Å². The highest BCUT2D eigenvalue weighted by Gasteiger charge is 2.25. The number of rotatable bonds is 5. The van der Waals surface area contributed by atoms with Crippen LogP contribution in [0.1, 0.15) is 29.5 Å². The standard InChI is InChI=1S/C24H27N3O/c1-18-12-19(2)14-23(13-18)26-17-22(16-25)24(28)27-10-8-21(9-11-27)15-20-6-4-3-5-7-20/h3-7,12-14,17,21,26H,8-11,15H2,1-2H3/b22-17-. The maximum Gasteiger partial charge on any atom is 0.266 e. The van der Waals surface area contributed by atoms with Crippen LogP contribution in [0.15, 0.2) is 60.3 Å². The van der Waals surface area contributed by atoms with Crippen LogP contribution in [0, 0.1) is 31.1 Å². The molecular formula is C24H27N3O. The summed E-state index contributed by atoms with van der Waals surface area (Å²) in [5, 5.41) is 12.6. The Bertz CT molecular complexity index is 868. The Hall–Kier alpha value is -3.06. The van der Waals surface area contributed by atoms with Crippen LogP contribution < -0.4 is 5.32 Å². The SMILES string of the molecule is Cc1cc(C)cc(N/C=C(/C#N)C(=O)N2CCC(Cc3ccccc3)CC2)c1. The van der Waals surface area contributed by atoms with E-state index >= 15 is 0 Å². The van der Waals surface area contributed by atoms with Crippen molar-refractivity contribution in [2.45, 2.75) is 33.1 Å². The van der Waals surface area contributed by atoms with Crippen LogP contribution >= 0.6 is 0 Å². The fourth-order valence-corrected chi connectivity index (χ4v) is 3.81. The van der Waals surface area contributed by atoms with Gasteiger partial charge in [-0.25, -0.2) is 0 Å². The molecule has 1 N–H and O–H groups in total. The van der Waals surface area contributed by atoms with E-state index in [0.717, 1.165) is 36.1 Å². The van der Waals surface area contributed by atoms with Crippen molar-refractivity contribution in [1.82, 2.24) is 4.90 Å². The number of aryl methyl sites for hydroxylation is 2. The topological polar surface area (TPSA) is 56.1 Å². The lowest BCUT2D eigenvalue weighted by Gasteiger charge is -2.32. The maximum atomic E-state index is 12.7. The number of hydrogen-bond acceptors (Lipinski definition) is 3. The molecular weight excluding hydrogens is 346 g/mol. The first-order valence-electron chi connectivity index (χ1n) is 9.83. The molecule has 0 radical (unpaired) electrons. The van der Waals surface area contributed by atoms with Gasteiger partial charge in [0.2, 0.25) is 0 Å². The van der Waals surface area contributed by atoms with Crippen LogP contribution in [0.3, 0.4) is 0 Å². The van der Waals surface area contributed by atoms with Gasteiger partial charge in [-0.1, -0.05) is 36.4 Å². The third-order valence-corrected chi connectivity index (χ3v) is 5.22. The Kier molecular flexibility index (Phi) is 6.49. The van der Waals surface area contributed by atoms with E-state index in [2.05, 4.69) is 41.7 Å². The van der Waals surface area contributed by atoms with Gasteiger partial charge in [-0.15, -0.1) is 0 Å². The van der Waals surface area contributed by atoms with E-state index in [4.69, 9.17) is 0 Å². The highest BCUT2D eigenvalue weighted by Crippen LogP contribution is 2.23. The molecule has 144 valence electrons. The van der Waals surface area contributed by atoms with E-state index in [1.165, 1.54) is 11.8 Å². The molecule has 3 rings (SSSR count). The van der Waals surface area contributed by atoms with Crippen LogP contribution in [0.25, 0.3) is 0 Å². The second-order valence-corrected chi connectivity index (χ2v) is 7.62. The molecule has 1 aliphatic heterocycles. The second-order valence-electron chi connectivity index (χ2n) is 7.62. The molecule has 2 aromatic carbocycles. The van der Waals surface area contributed by atoms with Crippen molar-refractivity contribution in [3.63, 3.8) is 0 Å². The summed E-state index contributed by atoms with van der Waals surface area (Å²) in [5.74, 6) is 0.409. The van der Waals surface area contributed by atoms with Gasteiger partial charge in [-0.3, -0.25) is 4.79 Å². The third kappa shape index (κ3) is 5.23. The molecule has 0 spiro atoms. The van der Waals surface area contributed by atoms with Crippen LogP contribution in [0.5, 0.6) is 0 Å². The lowest BCUT2D eigenvalue weighted by atomic mass is 9.90. The van der Waals surface area contributed by atoms with Crippen molar-refractivity contribution in [1.29, 1.82) is 5.26 Å². The Morgan fingerprint density at radius 2 is 1.79 bits per heavy atom. The molecule has 2 aromatic rings. The molecule has 0 atom stereocenters. The summed E-state index contributed by atoms with van der Waals surface area (Å²) in [6.45, 7) is 5.47. The van der Waals surface area contributed by atoms with Crippen LogP contribution in [0.4, 0.5) is 5.69 Å². The van der Waals surface area contributed by atoms with Gasteiger partial charge in [0.15, 0.2) is 0 Å². The third-order valence-electron chi connectivity index (χ3n) is 5.22. The van der Waals surface area contributed by atoms with Gasteiger partial charge in [-0.2, -0.15) is 5.26 Å². The zero-order valence-electron chi connectivity index (χ0n) is 16.6. The normalized spacial score (nSPS) is 15.2. The van der Waals surface area contributed by atoms with Crippen molar-refractivity contribution in [3.8, 4) is 6.07 Å². The van der Waals surface area contributed by atoms with Crippen molar-refractivity contribution in [2.24, 2.45) is 5.92 Å². The number of nitriles is 1. The number of nitrogens with one attached hydrogen (secondary N) is 1. The minimum Gasteiger partial charge on any atom is -0.360 e. The molecule has 28 heavy (non-hydrogen) atoms. The Morgan fingerprint density at radius 1 is 1.14 bits per heavy atom. The summed E-state index contributed by atoms with van der Waals surface area (Å²) in [4.78, 5) is 14.5. The summed E-state index contributed by atoms with van der Waals surface area (Å²) in [5.41, 5.74) is 4.67. The van der Waals surface area contributed by atoms with Gasteiger partial charge in [-0.05, 0) is 67.9 Å². The van der Waals surface area contributed by atoms with Gasteiger partial charge in [0.1, 0.15) is 11.6 Å². The van der Waals surface area contributed by atoms with Gasteiger partial charge in [0.25, 0.3) is 5.91 Å². The number of likely N-dealkylation sites (tertiary alicyclic amines) is 1. The molecule has 1 amide bonds. The molecule has 4 heteroatoms. The number of carbonyl (C=O) groups excluding carboxylic acids is 1. The predicted octanol–water partition coefficient (Wildman–Crippen LogP) is 4.60. The number of anilines is 1. The fourth-order valence-electron chi connectivity index (χ4n) is 3.81. The molecule has 0 saturated carbocycles. The summed E-state index contributed by atoms with van der Waals surface area (Å²) in [7, 11) is 0. The van der Waals surface area contributed by atoms with E-state index < -0.39 is 0 Å². The van der Waals surface area contributed by atoms with Crippen LogP contribution in [-0.4, -0.2) is 23.9 Å². The number of carbonyl (C=O) groups is 1. The Morgan fingerprint density at radius 3 is 2.39 bits per heavy atom. The van der Waals surface area contributed by atoms with E-state index in [0.29, 0.717) is 19.0 Å². The van der Waals surface area contributed by atoms with Crippen LogP contribution in [-0.2, 0) is 11.2 Å². The number of piperidine rings is 1. The van der Waals surface area contributed by atoms with Gasteiger partial charge in [0.05, 0.1) is 0 Å². The largest absolute Gasteiger partial charge is 0.360 e. The smallest absolute Gasteiger partial charge is 0.266 e. The molecule has 0 unspecified atom stereocenters. The molecule has 0 aliphatic carbocycles. The molecule has 4 nitrogen and oxygen atoms in total. The van der Waals surface area contributed by atoms with Crippen molar-refractivity contribution < 1.29 is 4.79 Å². The predicted molar refractivity (Wildman–Crippen MR) is 113 cm³/mol. The lowest BCUT2D eigenvalue weighted by molar-refractivity contribution is -0.128. The minimum atomic E-state index is -0.183. The summed E-state index contributed by atoms with van der Waals surface area (Å²) in [6.07, 6.45) is 4.54. The van der Waals surface area contributed by atoms with Gasteiger partial charge < -0.3 is 10.2 Å². The second kappa shape index (κ2) is 9.23. The highest BCUT2D eigenvalue weighted by molar-refractivity contribution is 5.97. The number of benzene rings is 2. The zero-order valence-corrected chi connectivity index (χ0v) is 16.6. The minimum absolute atomic E-state index is 0.153. The van der Waals surface area contributed by atoms with E-state index in [1.807, 2.05) is 32.0 Å². The quantitative estimate of drug-likeness (QED) is 0.615.